The number of fused-ring (bicyclic) bond motifs is 6. The molecule has 0 radical (unpaired) electrons. The maximum absolute atomic E-state index is 6.78. The van der Waals surface area contributed by atoms with Gasteiger partial charge in [0.25, 0.3) is 0 Å². The summed E-state index contributed by atoms with van der Waals surface area (Å²) in [4.78, 5) is 2.40. The van der Waals surface area contributed by atoms with Gasteiger partial charge in [0, 0.05) is 49.9 Å². The lowest BCUT2D eigenvalue weighted by atomic mass is 9.93. The lowest BCUT2D eigenvalue weighted by Crippen LogP contribution is -2.10. The molecule has 0 atom stereocenters. The second-order valence-corrected chi connectivity index (χ2v) is 16.1. The molecule has 2 aromatic heterocycles. The number of hydrogen-bond donors (Lipinski definition) is 0. The van der Waals surface area contributed by atoms with E-state index in [1.807, 2.05) is 6.07 Å². The lowest BCUT2D eigenvalue weighted by molar-refractivity contribution is 0.670. The van der Waals surface area contributed by atoms with Crippen molar-refractivity contribution in [3.05, 3.63) is 243 Å². The SMILES string of the molecule is c1ccc(-c2ccc(N(c3ccc(-c4ccccc4)c(-c4ccccc4)c3)c3cc(-c4ccc(-n5c6ccccc6c6ccccc65)cc4)c4oc5ccccc5c4c3)cc2)cc1. The molecule has 0 fully saturated rings. The summed E-state index contributed by atoms with van der Waals surface area (Å²) < 4.78 is 9.15. The van der Waals surface area contributed by atoms with Crippen LogP contribution in [0.5, 0.6) is 0 Å². The van der Waals surface area contributed by atoms with Gasteiger partial charge in [0.05, 0.1) is 11.0 Å². The average molecular weight is 805 g/mol. The van der Waals surface area contributed by atoms with Crippen molar-refractivity contribution in [3.8, 4) is 50.2 Å². The van der Waals surface area contributed by atoms with Crippen LogP contribution in [0.4, 0.5) is 17.1 Å². The Hall–Kier alpha value is -8.40. The second-order valence-electron chi connectivity index (χ2n) is 16.1. The first kappa shape index (κ1) is 36.5. The van der Waals surface area contributed by atoms with Crippen molar-refractivity contribution in [2.45, 2.75) is 0 Å². The van der Waals surface area contributed by atoms with E-state index in [2.05, 4.69) is 246 Å². The Morgan fingerprint density at radius 3 is 1.43 bits per heavy atom. The largest absolute Gasteiger partial charge is 0.455 e. The zero-order valence-electron chi connectivity index (χ0n) is 34.4. The van der Waals surface area contributed by atoms with E-state index in [9.17, 15) is 0 Å². The maximum atomic E-state index is 6.78. The monoisotopic (exact) mass is 804 g/mol. The zero-order chi connectivity index (χ0) is 41.7. The number of hydrogen-bond acceptors (Lipinski definition) is 2. The van der Waals surface area contributed by atoms with Crippen molar-refractivity contribution in [2.75, 3.05) is 4.90 Å². The molecule has 0 aliphatic heterocycles. The molecule has 0 spiro atoms. The minimum Gasteiger partial charge on any atom is -0.455 e. The Morgan fingerprint density at radius 2 is 0.778 bits per heavy atom. The fourth-order valence-electron chi connectivity index (χ4n) is 9.42. The molecule has 10 aromatic carbocycles. The van der Waals surface area contributed by atoms with E-state index in [0.29, 0.717) is 0 Å². The van der Waals surface area contributed by atoms with Crippen LogP contribution in [-0.4, -0.2) is 4.57 Å². The minimum atomic E-state index is 0.866. The van der Waals surface area contributed by atoms with E-state index in [0.717, 1.165) is 61.4 Å². The fourth-order valence-corrected chi connectivity index (χ4v) is 9.42. The first-order chi connectivity index (χ1) is 31.2. The van der Waals surface area contributed by atoms with Crippen molar-refractivity contribution >= 4 is 60.8 Å². The van der Waals surface area contributed by atoms with Crippen LogP contribution in [0.1, 0.15) is 0 Å². The first-order valence-electron chi connectivity index (χ1n) is 21.5. The van der Waals surface area contributed by atoms with Crippen LogP contribution >= 0.6 is 0 Å². The predicted molar refractivity (Wildman–Crippen MR) is 264 cm³/mol. The Kier molecular flexibility index (Phi) is 8.83. The van der Waals surface area contributed by atoms with Crippen molar-refractivity contribution in [1.29, 1.82) is 0 Å². The van der Waals surface area contributed by atoms with Gasteiger partial charge in [-0.2, -0.15) is 0 Å². The molecule has 0 bridgehead atoms. The Balaban J connectivity index is 1.07. The molecule has 0 unspecified atom stereocenters. The number of nitrogens with zero attached hydrogens (tertiary/aromatic N) is 2. The zero-order valence-corrected chi connectivity index (χ0v) is 34.4. The highest BCUT2D eigenvalue weighted by molar-refractivity contribution is 6.12. The molecule has 0 N–H and O–H groups in total. The second kappa shape index (κ2) is 15.3. The van der Waals surface area contributed by atoms with Crippen molar-refractivity contribution in [2.24, 2.45) is 0 Å². The molecule has 12 aromatic rings. The topological polar surface area (TPSA) is 21.3 Å². The van der Waals surface area contributed by atoms with Gasteiger partial charge in [0.15, 0.2) is 0 Å². The lowest BCUT2D eigenvalue weighted by Gasteiger charge is -2.28. The van der Waals surface area contributed by atoms with Crippen molar-refractivity contribution in [3.63, 3.8) is 0 Å². The molecule has 0 aliphatic carbocycles. The van der Waals surface area contributed by atoms with Gasteiger partial charge in [-0.1, -0.05) is 176 Å². The van der Waals surface area contributed by atoms with Crippen molar-refractivity contribution < 1.29 is 4.42 Å². The summed E-state index contributed by atoms with van der Waals surface area (Å²) in [6, 6.07) is 87.1. The van der Waals surface area contributed by atoms with E-state index in [1.165, 1.54) is 49.6 Å². The van der Waals surface area contributed by atoms with Crippen LogP contribution in [0.3, 0.4) is 0 Å². The van der Waals surface area contributed by atoms with Crippen LogP contribution in [0.25, 0.3) is 93.9 Å². The van der Waals surface area contributed by atoms with Crippen LogP contribution < -0.4 is 4.90 Å². The summed E-state index contributed by atoms with van der Waals surface area (Å²) in [6.07, 6.45) is 0. The van der Waals surface area contributed by atoms with Gasteiger partial charge in [-0.3, -0.25) is 0 Å². The van der Waals surface area contributed by atoms with E-state index in [4.69, 9.17) is 4.42 Å². The highest BCUT2D eigenvalue weighted by Crippen LogP contribution is 2.46. The number of para-hydroxylation sites is 3. The Labute approximate surface area is 366 Å². The molecule has 0 saturated carbocycles. The van der Waals surface area contributed by atoms with E-state index >= 15 is 0 Å². The molecule has 12 rings (SSSR count). The third-order valence-corrected chi connectivity index (χ3v) is 12.4. The number of rotatable bonds is 8. The number of furan rings is 1. The normalized spacial score (nSPS) is 11.5. The number of aromatic nitrogens is 1. The van der Waals surface area contributed by atoms with Crippen molar-refractivity contribution in [1.82, 2.24) is 4.57 Å². The van der Waals surface area contributed by atoms with Gasteiger partial charge in [-0.05, 0) is 106 Å². The van der Waals surface area contributed by atoms with Gasteiger partial charge in [0.2, 0.25) is 0 Å². The summed E-state index contributed by atoms with van der Waals surface area (Å²) in [5.74, 6) is 0. The summed E-state index contributed by atoms with van der Waals surface area (Å²) >= 11 is 0. The van der Waals surface area contributed by atoms with Gasteiger partial charge < -0.3 is 13.9 Å². The van der Waals surface area contributed by atoms with Crippen LogP contribution in [-0.2, 0) is 0 Å². The van der Waals surface area contributed by atoms with Gasteiger partial charge in [-0.25, -0.2) is 0 Å². The maximum Gasteiger partial charge on any atom is 0.143 e. The summed E-state index contributed by atoms with van der Waals surface area (Å²) in [5, 5.41) is 4.65. The molecule has 0 aliphatic rings. The molecular formula is C60H40N2O. The summed E-state index contributed by atoms with van der Waals surface area (Å²) in [6.45, 7) is 0. The smallest absolute Gasteiger partial charge is 0.143 e. The highest BCUT2D eigenvalue weighted by atomic mass is 16.3. The molecule has 3 nitrogen and oxygen atoms in total. The Bertz CT molecular complexity index is 3530. The van der Waals surface area contributed by atoms with E-state index < -0.39 is 0 Å². The predicted octanol–water partition coefficient (Wildman–Crippen LogP) is 16.8. The minimum absolute atomic E-state index is 0.866. The average Bonchev–Trinajstić information content (AvgIpc) is 3.91. The first-order valence-corrected chi connectivity index (χ1v) is 21.5. The summed E-state index contributed by atoms with van der Waals surface area (Å²) in [5.41, 5.74) is 17.5. The van der Waals surface area contributed by atoms with Crippen LogP contribution in [0.2, 0.25) is 0 Å². The molecule has 0 amide bonds. The highest BCUT2D eigenvalue weighted by Gasteiger charge is 2.22. The molecule has 296 valence electrons. The quantitative estimate of drug-likeness (QED) is 0.153. The third kappa shape index (κ3) is 6.38. The number of anilines is 3. The van der Waals surface area contributed by atoms with Gasteiger partial charge >= 0.3 is 0 Å². The molecule has 0 saturated heterocycles. The molecule has 63 heavy (non-hydrogen) atoms. The van der Waals surface area contributed by atoms with Crippen LogP contribution in [0, 0.1) is 0 Å². The summed E-state index contributed by atoms with van der Waals surface area (Å²) in [7, 11) is 0. The Morgan fingerprint density at radius 1 is 0.302 bits per heavy atom. The van der Waals surface area contributed by atoms with E-state index in [1.54, 1.807) is 0 Å². The van der Waals surface area contributed by atoms with Gasteiger partial charge in [-0.15, -0.1) is 0 Å². The van der Waals surface area contributed by atoms with Crippen LogP contribution in [0.15, 0.2) is 247 Å². The molecule has 2 heterocycles. The molecular weight excluding hydrogens is 765 g/mol. The standard InChI is InChI=1S/C60H40N2O/c1-4-16-41(17-5-1)42-28-32-46(33-29-42)61(48-36-37-50(43-18-6-2-7-19-43)54(38-48)44-20-8-3-9-21-44)49-39-55(60-56(40-49)53-24-12-15-27-59(53)63-60)45-30-34-47(35-31-45)62-57-25-13-10-22-51(57)52-23-11-14-26-58(52)62/h1-40H. The number of benzene rings is 10. The molecule has 3 heteroatoms. The van der Waals surface area contributed by atoms with E-state index in [-0.39, 0.29) is 0 Å². The van der Waals surface area contributed by atoms with Gasteiger partial charge in [0.1, 0.15) is 11.2 Å². The fraction of sp³-hybridized carbons (Fsp3) is 0. The third-order valence-electron chi connectivity index (χ3n) is 12.4.